The molecule has 0 aliphatic carbocycles. The topological polar surface area (TPSA) is 82.9 Å². The molecule has 1 fully saturated rings. The zero-order valence-corrected chi connectivity index (χ0v) is 19.1. The summed E-state index contributed by atoms with van der Waals surface area (Å²) in [5.74, 6) is -0.775. The highest BCUT2D eigenvalue weighted by atomic mass is 32.2. The van der Waals surface area contributed by atoms with Gasteiger partial charge in [-0.05, 0) is 55.9 Å². The van der Waals surface area contributed by atoms with Gasteiger partial charge in [-0.2, -0.15) is 0 Å². The molecular formula is C24H27N3O4S. The molecule has 0 atom stereocenters. The number of benzene rings is 2. The number of amides is 1. The summed E-state index contributed by atoms with van der Waals surface area (Å²) in [4.78, 5) is 17.7. The van der Waals surface area contributed by atoms with E-state index in [9.17, 15) is 13.2 Å². The van der Waals surface area contributed by atoms with Gasteiger partial charge in [-0.25, -0.2) is 8.42 Å². The summed E-state index contributed by atoms with van der Waals surface area (Å²) < 4.78 is 30.8. The first-order chi connectivity index (χ1) is 15.3. The minimum Gasteiger partial charge on any atom is -0.459 e. The van der Waals surface area contributed by atoms with Crippen LogP contribution in [0.25, 0.3) is 0 Å². The second-order valence-corrected chi connectivity index (χ2v) is 10.1. The molecule has 8 heteroatoms. The Morgan fingerprint density at radius 1 is 1.03 bits per heavy atom. The van der Waals surface area contributed by atoms with Crippen molar-refractivity contribution in [2.24, 2.45) is 0 Å². The van der Waals surface area contributed by atoms with Crippen LogP contribution in [0, 0.1) is 6.92 Å². The first-order valence-electron chi connectivity index (χ1n) is 10.5. The molecule has 3 aromatic rings. The molecule has 0 radical (unpaired) electrons. The van der Waals surface area contributed by atoms with Gasteiger partial charge in [-0.3, -0.25) is 4.79 Å². The molecule has 1 saturated heterocycles. The number of hydrogen-bond acceptors (Lipinski definition) is 6. The molecule has 1 aromatic heterocycles. The van der Waals surface area contributed by atoms with E-state index in [1.54, 1.807) is 30.3 Å². The molecule has 168 valence electrons. The third kappa shape index (κ3) is 4.87. The van der Waals surface area contributed by atoms with Gasteiger partial charge in [0.05, 0.1) is 16.9 Å². The van der Waals surface area contributed by atoms with Gasteiger partial charge in [0.15, 0.2) is 15.6 Å². The van der Waals surface area contributed by atoms with E-state index in [0.29, 0.717) is 11.3 Å². The Morgan fingerprint density at radius 3 is 2.44 bits per heavy atom. The largest absolute Gasteiger partial charge is 0.459 e. The monoisotopic (exact) mass is 453 g/mol. The number of sulfone groups is 1. The molecular weight excluding hydrogens is 426 g/mol. The maximum Gasteiger partial charge on any atom is 0.291 e. The maximum absolute atomic E-state index is 12.8. The van der Waals surface area contributed by atoms with Crippen LogP contribution in [0.15, 0.2) is 70.2 Å². The van der Waals surface area contributed by atoms with Crippen molar-refractivity contribution in [1.29, 1.82) is 0 Å². The van der Waals surface area contributed by atoms with Crippen molar-refractivity contribution >= 4 is 27.1 Å². The van der Waals surface area contributed by atoms with Crippen LogP contribution in [-0.4, -0.2) is 52.5 Å². The zero-order valence-electron chi connectivity index (χ0n) is 18.2. The second kappa shape index (κ2) is 9.18. The smallest absolute Gasteiger partial charge is 0.291 e. The van der Waals surface area contributed by atoms with E-state index in [4.69, 9.17) is 4.42 Å². The number of furan rings is 1. The summed E-state index contributed by atoms with van der Waals surface area (Å²) in [6.07, 6.45) is 1.34. The Kier molecular flexibility index (Phi) is 6.34. The molecule has 32 heavy (non-hydrogen) atoms. The van der Waals surface area contributed by atoms with Crippen LogP contribution in [-0.2, 0) is 15.6 Å². The highest BCUT2D eigenvalue weighted by Gasteiger charge is 2.23. The summed E-state index contributed by atoms with van der Waals surface area (Å²) in [7, 11) is -1.47. The number of hydrogen-bond donors (Lipinski definition) is 1. The Hall–Kier alpha value is -3.10. The average molecular weight is 454 g/mol. The van der Waals surface area contributed by atoms with Crippen molar-refractivity contribution in [3.8, 4) is 0 Å². The van der Waals surface area contributed by atoms with E-state index in [1.807, 2.05) is 25.1 Å². The third-order valence-corrected chi connectivity index (χ3v) is 7.38. The highest BCUT2D eigenvalue weighted by molar-refractivity contribution is 7.90. The SMILES string of the molecule is Cc1cc(NC(=O)c2occc2CS(=O)(=O)c2ccccc2)ccc1N1CCN(C)CC1. The lowest BCUT2D eigenvalue weighted by molar-refractivity contribution is 0.0996. The Morgan fingerprint density at radius 2 is 1.75 bits per heavy atom. The van der Waals surface area contributed by atoms with Crippen LogP contribution >= 0.6 is 0 Å². The minimum absolute atomic E-state index is 0.00491. The minimum atomic E-state index is -3.59. The molecule has 1 amide bonds. The molecule has 0 bridgehead atoms. The molecule has 4 rings (SSSR count). The van der Waals surface area contributed by atoms with E-state index in [-0.39, 0.29) is 16.4 Å². The van der Waals surface area contributed by atoms with Gasteiger partial charge in [0.1, 0.15) is 0 Å². The number of nitrogens with one attached hydrogen (secondary N) is 1. The summed E-state index contributed by atoms with van der Waals surface area (Å²) in [6, 6.07) is 15.5. The predicted octanol–water partition coefficient (Wildman–Crippen LogP) is 3.57. The summed E-state index contributed by atoms with van der Waals surface area (Å²) in [5.41, 5.74) is 3.19. The average Bonchev–Trinajstić information content (AvgIpc) is 3.23. The third-order valence-electron chi connectivity index (χ3n) is 5.70. The zero-order chi connectivity index (χ0) is 22.7. The second-order valence-electron chi connectivity index (χ2n) is 8.09. The molecule has 7 nitrogen and oxygen atoms in total. The fourth-order valence-electron chi connectivity index (χ4n) is 3.89. The normalized spacial score (nSPS) is 15.0. The number of likely N-dealkylation sites (N-methyl/N-ethyl adjacent to an activating group) is 1. The van der Waals surface area contributed by atoms with E-state index in [0.717, 1.165) is 37.4 Å². The van der Waals surface area contributed by atoms with E-state index >= 15 is 0 Å². The van der Waals surface area contributed by atoms with Gasteiger partial charge in [-0.1, -0.05) is 18.2 Å². The molecule has 0 spiro atoms. The maximum atomic E-state index is 12.8. The summed E-state index contributed by atoms with van der Waals surface area (Å²) in [6.45, 7) is 5.99. The first kappa shape index (κ1) is 22.1. The Bertz CT molecular complexity index is 1200. The summed E-state index contributed by atoms with van der Waals surface area (Å²) in [5, 5.41) is 2.83. The van der Waals surface area contributed by atoms with Crippen molar-refractivity contribution in [1.82, 2.24) is 4.90 Å². The number of carbonyl (C=O) groups excluding carboxylic acids is 1. The van der Waals surface area contributed by atoms with Crippen LogP contribution in [0.3, 0.4) is 0 Å². The van der Waals surface area contributed by atoms with E-state index in [1.165, 1.54) is 12.3 Å². The fraction of sp³-hybridized carbons (Fsp3) is 0.292. The van der Waals surface area contributed by atoms with Crippen LogP contribution in [0.4, 0.5) is 11.4 Å². The number of anilines is 2. The number of rotatable bonds is 6. The lowest BCUT2D eigenvalue weighted by Crippen LogP contribution is -2.44. The standard InChI is InChI=1S/C24H27N3O4S/c1-18-16-20(8-9-22(18)27-13-11-26(2)12-14-27)25-24(28)23-19(10-15-31-23)17-32(29,30)21-6-4-3-5-7-21/h3-10,15-16H,11-14,17H2,1-2H3,(H,25,28). The van der Waals surface area contributed by atoms with Gasteiger partial charge < -0.3 is 19.5 Å². The lowest BCUT2D eigenvalue weighted by Gasteiger charge is -2.35. The van der Waals surface area contributed by atoms with Crippen LogP contribution in [0.2, 0.25) is 0 Å². The molecule has 2 heterocycles. The van der Waals surface area contributed by atoms with Crippen molar-refractivity contribution in [2.45, 2.75) is 17.6 Å². The van der Waals surface area contributed by atoms with Gasteiger partial charge in [-0.15, -0.1) is 0 Å². The van der Waals surface area contributed by atoms with Crippen molar-refractivity contribution < 1.29 is 17.6 Å². The van der Waals surface area contributed by atoms with E-state index in [2.05, 4.69) is 22.2 Å². The number of aryl methyl sites for hydroxylation is 1. The number of piperazine rings is 1. The highest BCUT2D eigenvalue weighted by Crippen LogP contribution is 2.26. The van der Waals surface area contributed by atoms with Crippen molar-refractivity contribution in [2.75, 3.05) is 43.4 Å². The molecule has 0 unspecified atom stereocenters. The number of carbonyl (C=O) groups is 1. The van der Waals surface area contributed by atoms with Crippen molar-refractivity contribution in [3.05, 3.63) is 77.7 Å². The molecule has 1 aliphatic heterocycles. The van der Waals surface area contributed by atoms with Crippen molar-refractivity contribution in [3.63, 3.8) is 0 Å². The van der Waals surface area contributed by atoms with E-state index < -0.39 is 15.7 Å². The predicted molar refractivity (Wildman–Crippen MR) is 125 cm³/mol. The quantitative estimate of drug-likeness (QED) is 0.615. The molecule has 2 aromatic carbocycles. The molecule has 0 saturated carbocycles. The van der Waals surface area contributed by atoms with Crippen LogP contribution < -0.4 is 10.2 Å². The number of nitrogens with zero attached hydrogens (tertiary/aromatic N) is 2. The fourth-order valence-corrected chi connectivity index (χ4v) is 5.26. The van der Waals surface area contributed by atoms with Gasteiger partial charge in [0.25, 0.3) is 5.91 Å². The van der Waals surface area contributed by atoms with Gasteiger partial charge in [0, 0.05) is 43.1 Å². The Labute approximate surface area is 188 Å². The van der Waals surface area contributed by atoms with Crippen LogP contribution in [0.1, 0.15) is 21.7 Å². The van der Waals surface area contributed by atoms with Gasteiger partial charge >= 0.3 is 0 Å². The molecule has 1 N–H and O–H groups in total. The lowest BCUT2D eigenvalue weighted by atomic mass is 10.1. The molecule has 1 aliphatic rings. The van der Waals surface area contributed by atoms with Gasteiger partial charge in [0.2, 0.25) is 0 Å². The van der Waals surface area contributed by atoms with Crippen LogP contribution in [0.5, 0.6) is 0 Å². The summed E-state index contributed by atoms with van der Waals surface area (Å²) >= 11 is 0. The Balaban J connectivity index is 1.47. The first-order valence-corrected chi connectivity index (χ1v) is 12.2.